The van der Waals surface area contributed by atoms with Gasteiger partial charge in [0, 0.05) is 4.47 Å². The van der Waals surface area contributed by atoms with Gasteiger partial charge in [0.15, 0.2) is 0 Å². The van der Waals surface area contributed by atoms with Crippen LogP contribution in [-0.2, 0) is 24.5 Å². The van der Waals surface area contributed by atoms with E-state index in [9.17, 15) is 17.4 Å². The van der Waals surface area contributed by atoms with Gasteiger partial charge in [-0.05, 0) is 75.6 Å². The highest BCUT2D eigenvalue weighted by molar-refractivity contribution is 9.10. The Morgan fingerprint density at radius 1 is 1.08 bits per heavy atom. The minimum absolute atomic E-state index is 0.164. The van der Waals surface area contributed by atoms with E-state index >= 15 is 0 Å². The number of nitrogens with one attached hydrogen (secondary N) is 1. The van der Waals surface area contributed by atoms with Crippen molar-refractivity contribution < 1.29 is 22.2 Å². The average molecular weight is 631 g/mol. The molecule has 0 saturated carbocycles. The normalized spacial score (nSPS) is 13.6. The van der Waals surface area contributed by atoms with Crippen LogP contribution in [0.4, 0.5) is 0 Å². The molecule has 0 aliphatic carbocycles. The summed E-state index contributed by atoms with van der Waals surface area (Å²) in [4.78, 5) is 12.8. The Morgan fingerprint density at radius 3 is 2.25 bits per heavy atom. The fraction of sp³-hybridized carbons (Fsp3) is 0.217. The van der Waals surface area contributed by atoms with Gasteiger partial charge in [0.25, 0.3) is 10.0 Å². The summed E-state index contributed by atoms with van der Waals surface area (Å²) in [6.07, 6.45) is 1.75. The van der Waals surface area contributed by atoms with Crippen molar-refractivity contribution in [2.75, 3.05) is 6.26 Å². The van der Waals surface area contributed by atoms with E-state index in [1.54, 1.807) is 45.2 Å². The first-order valence-electron chi connectivity index (χ1n) is 10.3. The summed E-state index contributed by atoms with van der Waals surface area (Å²) in [6.45, 7) is 5.18. The Kier molecular flexibility index (Phi) is 8.40. The first-order valence-corrected chi connectivity index (χ1v) is 16.1. The number of carbonyl (C=O) groups excluding carboxylic acids is 1. The third kappa shape index (κ3) is 6.38. The first kappa shape index (κ1) is 28.4. The van der Waals surface area contributed by atoms with E-state index in [2.05, 4.69) is 19.7 Å². The Balaban J connectivity index is 2.20. The highest BCUT2D eigenvalue weighted by atomic mass is 79.9. The van der Waals surface area contributed by atoms with E-state index in [1.165, 1.54) is 48.2 Å². The lowest BCUT2D eigenvalue weighted by Gasteiger charge is -2.19. The summed E-state index contributed by atoms with van der Waals surface area (Å²) in [6, 6.07) is 13.0. The number of nitrogen functional groups attached to an aromatic ring is 1. The molecule has 13 heteroatoms. The van der Waals surface area contributed by atoms with Gasteiger partial charge in [-0.1, -0.05) is 25.8 Å². The number of rotatable bonds is 7. The van der Waals surface area contributed by atoms with Gasteiger partial charge >= 0.3 is 5.97 Å². The van der Waals surface area contributed by atoms with Crippen LogP contribution in [0.2, 0.25) is 0 Å². The van der Waals surface area contributed by atoms with Crippen LogP contribution in [-0.4, -0.2) is 36.3 Å². The lowest BCUT2D eigenvalue weighted by molar-refractivity contribution is 0.00693. The van der Waals surface area contributed by atoms with Gasteiger partial charge in [-0.2, -0.15) is 8.42 Å². The molecular formula is C23H24BrN3O5S4. The van der Waals surface area contributed by atoms with E-state index in [4.69, 9.17) is 15.9 Å². The standard InChI is InChI=1S/C23H24BrN3O5S4/c1-23(2,3)32-21(28)14-8-10-16(11-9-14)36(30,31)27-35(29,17-7-5-6-15(24)12-17)19-13-18(20(25)26)34-22(19)33-4/h5-13H,1-4H3,(H3,25,26). The average Bonchev–Trinajstić information content (AvgIpc) is 3.23. The van der Waals surface area contributed by atoms with Crippen LogP contribution < -0.4 is 5.73 Å². The number of esters is 1. The molecule has 1 unspecified atom stereocenters. The van der Waals surface area contributed by atoms with Crippen molar-refractivity contribution in [3.63, 3.8) is 0 Å². The second kappa shape index (κ2) is 10.7. The molecule has 0 spiro atoms. The molecule has 0 saturated heterocycles. The van der Waals surface area contributed by atoms with Gasteiger partial charge in [-0.3, -0.25) is 5.41 Å². The number of sulfonamides is 1. The summed E-state index contributed by atoms with van der Waals surface area (Å²) in [5, 5.41) is 7.78. The van der Waals surface area contributed by atoms with E-state index in [1.807, 2.05) is 0 Å². The monoisotopic (exact) mass is 629 g/mol. The maximum atomic E-state index is 14.5. The van der Waals surface area contributed by atoms with Crippen molar-refractivity contribution in [2.45, 2.75) is 45.3 Å². The summed E-state index contributed by atoms with van der Waals surface area (Å²) in [5.41, 5.74) is 5.11. The molecular weight excluding hydrogens is 606 g/mol. The van der Waals surface area contributed by atoms with Crippen molar-refractivity contribution in [3.8, 4) is 0 Å². The number of nitrogens with zero attached hydrogens (tertiary/aromatic N) is 1. The molecule has 1 atom stereocenters. The summed E-state index contributed by atoms with van der Waals surface area (Å²) in [5.74, 6) is -0.820. The zero-order chi connectivity index (χ0) is 26.9. The molecule has 0 bridgehead atoms. The van der Waals surface area contributed by atoms with E-state index in [-0.39, 0.29) is 26.1 Å². The van der Waals surface area contributed by atoms with Crippen LogP contribution in [0.1, 0.15) is 36.0 Å². The smallest absolute Gasteiger partial charge is 0.338 e. The van der Waals surface area contributed by atoms with Crippen LogP contribution in [0.15, 0.2) is 81.7 Å². The molecule has 0 fully saturated rings. The molecule has 3 N–H and O–H groups in total. The maximum absolute atomic E-state index is 14.5. The number of thiophene rings is 1. The zero-order valence-electron chi connectivity index (χ0n) is 19.8. The molecule has 0 amide bonds. The molecule has 3 aromatic rings. The fourth-order valence-electron chi connectivity index (χ4n) is 2.96. The topological polar surface area (TPSA) is 140 Å². The van der Waals surface area contributed by atoms with E-state index in [0.29, 0.717) is 13.6 Å². The third-order valence-electron chi connectivity index (χ3n) is 4.52. The van der Waals surface area contributed by atoms with Crippen molar-refractivity contribution in [2.24, 2.45) is 9.50 Å². The van der Waals surface area contributed by atoms with Crippen LogP contribution >= 0.6 is 39.0 Å². The van der Waals surface area contributed by atoms with Crippen molar-refractivity contribution in [3.05, 3.63) is 69.5 Å². The van der Waals surface area contributed by atoms with Gasteiger partial charge in [0.05, 0.1) is 29.3 Å². The predicted molar refractivity (Wildman–Crippen MR) is 147 cm³/mol. The number of amidine groups is 1. The Hall–Kier alpha value is -2.19. The highest BCUT2D eigenvalue weighted by Crippen LogP contribution is 2.39. The predicted octanol–water partition coefficient (Wildman–Crippen LogP) is 5.75. The van der Waals surface area contributed by atoms with Crippen LogP contribution in [0.5, 0.6) is 0 Å². The van der Waals surface area contributed by atoms with Gasteiger partial charge in [-0.15, -0.1) is 23.1 Å². The lowest BCUT2D eigenvalue weighted by atomic mass is 10.2. The van der Waals surface area contributed by atoms with Crippen molar-refractivity contribution in [1.82, 2.24) is 0 Å². The molecule has 192 valence electrons. The highest BCUT2D eigenvalue weighted by Gasteiger charge is 2.28. The number of hydrogen-bond donors (Lipinski definition) is 2. The van der Waals surface area contributed by atoms with Crippen LogP contribution in [0.25, 0.3) is 0 Å². The molecule has 0 aliphatic heterocycles. The number of ether oxygens (including phenoxy) is 1. The summed E-state index contributed by atoms with van der Waals surface area (Å²) < 4.78 is 51.7. The molecule has 0 radical (unpaired) electrons. The molecule has 8 nitrogen and oxygen atoms in total. The Bertz CT molecular complexity index is 1550. The van der Waals surface area contributed by atoms with Crippen molar-refractivity contribution in [1.29, 1.82) is 5.41 Å². The quantitative estimate of drug-likeness (QED) is 0.147. The maximum Gasteiger partial charge on any atom is 0.338 e. The number of thioether (sulfide) groups is 1. The number of hydrogen-bond acceptors (Lipinski definition) is 8. The summed E-state index contributed by atoms with van der Waals surface area (Å²) >= 11 is 5.74. The van der Waals surface area contributed by atoms with Gasteiger partial charge in [-0.25, -0.2) is 9.00 Å². The minimum atomic E-state index is -4.45. The molecule has 3 rings (SSSR count). The first-order chi connectivity index (χ1) is 16.7. The van der Waals surface area contributed by atoms with Crippen LogP contribution in [0, 0.1) is 5.41 Å². The fourth-order valence-corrected chi connectivity index (χ4v) is 10.0. The SMILES string of the molecule is CSc1sc(C(=N)N)cc1S(=O)(=NS(=O)(=O)c1ccc(C(=O)OC(C)(C)C)cc1)c1cccc(Br)c1. The number of halogens is 1. The molecule has 0 aliphatic rings. The van der Waals surface area contributed by atoms with Gasteiger partial charge < -0.3 is 10.5 Å². The van der Waals surface area contributed by atoms with E-state index < -0.39 is 31.3 Å². The number of carbonyl (C=O) groups is 1. The largest absolute Gasteiger partial charge is 0.456 e. The zero-order valence-corrected chi connectivity index (χ0v) is 24.6. The third-order valence-corrected chi connectivity index (χ3v) is 11.9. The van der Waals surface area contributed by atoms with Crippen LogP contribution in [0.3, 0.4) is 0 Å². The molecule has 2 aromatic carbocycles. The number of nitrogens with two attached hydrogens (primary N) is 1. The second-order valence-electron chi connectivity index (χ2n) is 8.44. The molecule has 36 heavy (non-hydrogen) atoms. The Labute approximate surface area is 227 Å². The summed E-state index contributed by atoms with van der Waals surface area (Å²) in [7, 11) is -8.18. The second-order valence-corrected chi connectivity index (χ2v) is 15.5. The van der Waals surface area contributed by atoms with Crippen molar-refractivity contribution >= 4 is 70.6 Å². The Morgan fingerprint density at radius 2 is 1.72 bits per heavy atom. The van der Waals surface area contributed by atoms with E-state index in [0.717, 1.165) is 11.3 Å². The van der Waals surface area contributed by atoms with Gasteiger partial charge in [0.2, 0.25) is 0 Å². The lowest BCUT2D eigenvalue weighted by Crippen LogP contribution is -2.23. The van der Waals surface area contributed by atoms with Gasteiger partial charge in [0.1, 0.15) is 21.2 Å². The molecule has 1 aromatic heterocycles. The minimum Gasteiger partial charge on any atom is -0.456 e. The number of benzene rings is 2. The molecule has 1 heterocycles.